The Bertz CT molecular complexity index is 526. The van der Waals surface area contributed by atoms with Crippen molar-refractivity contribution in [3.8, 4) is 0 Å². The van der Waals surface area contributed by atoms with Crippen LogP contribution >= 0.6 is 24.0 Å². The van der Waals surface area contributed by atoms with Gasteiger partial charge < -0.3 is 11.1 Å². The molecule has 0 aliphatic heterocycles. The highest BCUT2D eigenvalue weighted by Gasteiger charge is 2.26. The lowest BCUT2D eigenvalue weighted by atomic mass is 9.92. The van der Waals surface area contributed by atoms with Gasteiger partial charge in [0.05, 0.1) is 21.9 Å². The topological polar surface area (TPSA) is 98.3 Å². The fraction of sp³-hybridized carbons (Fsp3) is 0.500. The number of halogens is 2. The fourth-order valence-electron chi connectivity index (χ4n) is 2.07. The molecular weight excluding hydrogens is 329 g/mol. The highest BCUT2D eigenvalue weighted by molar-refractivity contribution is 6.31. The predicted octanol–water partition coefficient (Wildman–Crippen LogP) is 2.85. The predicted molar refractivity (Wildman–Crippen MR) is 89.6 cm³/mol. The van der Waals surface area contributed by atoms with Crippen LogP contribution in [0.25, 0.3) is 0 Å². The molecule has 0 atom stereocenters. The molecule has 0 saturated heterocycles. The Hall–Kier alpha value is -1.37. The molecule has 0 aliphatic carbocycles. The maximum atomic E-state index is 12.1. The van der Waals surface area contributed by atoms with Crippen LogP contribution in [0, 0.1) is 10.1 Å². The van der Waals surface area contributed by atoms with Crippen LogP contribution in [0.5, 0.6) is 0 Å². The van der Waals surface area contributed by atoms with Crippen molar-refractivity contribution in [3.05, 3.63) is 38.9 Å². The standard InChI is InChI=1S/C14H20ClN3O3.ClH/c1-3-14(4-2,9-16)17-13(19)7-10-5-6-11(18(20)21)8-12(10)15;/h5-6,8H,3-4,7,9,16H2,1-2H3,(H,17,19);1H. The molecule has 8 heteroatoms. The minimum Gasteiger partial charge on any atom is -0.349 e. The van der Waals surface area contributed by atoms with E-state index in [0.29, 0.717) is 12.1 Å². The van der Waals surface area contributed by atoms with E-state index in [0.717, 1.165) is 12.8 Å². The first-order valence-electron chi connectivity index (χ1n) is 6.81. The maximum absolute atomic E-state index is 12.1. The average molecular weight is 350 g/mol. The molecule has 124 valence electrons. The monoisotopic (exact) mass is 349 g/mol. The van der Waals surface area contributed by atoms with E-state index in [4.69, 9.17) is 17.3 Å². The molecule has 0 aromatic heterocycles. The number of amides is 1. The van der Waals surface area contributed by atoms with Gasteiger partial charge >= 0.3 is 0 Å². The van der Waals surface area contributed by atoms with E-state index in [-0.39, 0.29) is 35.4 Å². The van der Waals surface area contributed by atoms with Crippen molar-refractivity contribution in [2.45, 2.75) is 38.6 Å². The molecule has 0 fully saturated rings. The molecule has 22 heavy (non-hydrogen) atoms. The summed E-state index contributed by atoms with van der Waals surface area (Å²) in [6.45, 7) is 4.30. The van der Waals surface area contributed by atoms with Crippen molar-refractivity contribution in [2.75, 3.05) is 6.54 Å². The normalized spacial score (nSPS) is 10.7. The first-order chi connectivity index (χ1) is 9.87. The number of nitro benzene ring substituents is 1. The van der Waals surface area contributed by atoms with Gasteiger partial charge in [0.15, 0.2) is 0 Å². The number of carbonyl (C=O) groups is 1. The molecular formula is C14H21Cl2N3O3. The van der Waals surface area contributed by atoms with Gasteiger partial charge in [-0.1, -0.05) is 31.5 Å². The van der Waals surface area contributed by atoms with Gasteiger partial charge in [-0.05, 0) is 18.4 Å². The molecule has 0 spiro atoms. The van der Waals surface area contributed by atoms with Gasteiger partial charge in [0.25, 0.3) is 5.69 Å². The molecule has 0 bridgehead atoms. The van der Waals surface area contributed by atoms with Crippen molar-refractivity contribution in [2.24, 2.45) is 5.73 Å². The van der Waals surface area contributed by atoms with Gasteiger partial charge in [0, 0.05) is 18.7 Å². The highest BCUT2D eigenvalue weighted by Crippen LogP contribution is 2.23. The molecule has 1 aromatic rings. The quantitative estimate of drug-likeness (QED) is 0.583. The Morgan fingerprint density at radius 2 is 2.00 bits per heavy atom. The van der Waals surface area contributed by atoms with Crippen LogP contribution in [-0.2, 0) is 11.2 Å². The fourth-order valence-corrected chi connectivity index (χ4v) is 2.31. The maximum Gasteiger partial charge on any atom is 0.270 e. The summed E-state index contributed by atoms with van der Waals surface area (Å²) < 4.78 is 0. The summed E-state index contributed by atoms with van der Waals surface area (Å²) in [6, 6.07) is 4.09. The smallest absolute Gasteiger partial charge is 0.270 e. The largest absolute Gasteiger partial charge is 0.349 e. The third-order valence-corrected chi connectivity index (χ3v) is 4.10. The lowest BCUT2D eigenvalue weighted by molar-refractivity contribution is -0.384. The average Bonchev–Trinajstić information content (AvgIpc) is 2.47. The molecule has 0 unspecified atom stereocenters. The van der Waals surface area contributed by atoms with Crippen LogP contribution < -0.4 is 11.1 Å². The summed E-state index contributed by atoms with van der Waals surface area (Å²) in [4.78, 5) is 22.2. The molecule has 0 saturated carbocycles. The Kier molecular flexibility index (Phi) is 8.37. The number of carbonyl (C=O) groups excluding carboxylic acids is 1. The molecule has 6 nitrogen and oxygen atoms in total. The van der Waals surface area contributed by atoms with Crippen LogP contribution in [0.3, 0.4) is 0 Å². The van der Waals surface area contributed by atoms with E-state index in [1.807, 2.05) is 13.8 Å². The van der Waals surface area contributed by atoms with E-state index in [2.05, 4.69) is 5.32 Å². The Labute approximate surface area is 141 Å². The zero-order chi connectivity index (χ0) is 16.0. The van der Waals surface area contributed by atoms with Crippen molar-refractivity contribution >= 4 is 35.6 Å². The van der Waals surface area contributed by atoms with Gasteiger partial charge in [-0.15, -0.1) is 12.4 Å². The third kappa shape index (κ3) is 5.12. The van der Waals surface area contributed by atoms with Crippen molar-refractivity contribution in [1.82, 2.24) is 5.32 Å². The second kappa shape index (κ2) is 8.92. The van der Waals surface area contributed by atoms with E-state index in [9.17, 15) is 14.9 Å². The third-order valence-electron chi connectivity index (χ3n) is 3.75. The molecule has 3 N–H and O–H groups in total. The van der Waals surface area contributed by atoms with Crippen molar-refractivity contribution in [3.63, 3.8) is 0 Å². The molecule has 1 amide bonds. The van der Waals surface area contributed by atoms with E-state index < -0.39 is 10.5 Å². The van der Waals surface area contributed by atoms with Crippen LogP contribution in [-0.4, -0.2) is 22.9 Å². The molecule has 0 aliphatic rings. The number of nitrogens with two attached hydrogens (primary N) is 1. The summed E-state index contributed by atoms with van der Waals surface area (Å²) in [5.74, 6) is -0.195. The molecule has 0 heterocycles. The SMILES string of the molecule is CCC(CC)(CN)NC(=O)Cc1ccc([N+](=O)[O-])cc1Cl.Cl. The number of hydrogen-bond acceptors (Lipinski definition) is 4. The summed E-state index contributed by atoms with van der Waals surface area (Å²) in [7, 11) is 0. The lowest BCUT2D eigenvalue weighted by Gasteiger charge is -2.31. The molecule has 1 aromatic carbocycles. The van der Waals surface area contributed by atoms with E-state index in [1.54, 1.807) is 0 Å². The first-order valence-corrected chi connectivity index (χ1v) is 7.19. The van der Waals surface area contributed by atoms with Crippen molar-refractivity contribution in [1.29, 1.82) is 0 Å². The van der Waals surface area contributed by atoms with Gasteiger partial charge in [0.2, 0.25) is 5.91 Å². The van der Waals surface area contributed by atoms with Crippen LogP contribution in [0.1, 0.15) is 32.3 Å². The summed E-state index contributed by atoms with van der Waals surface area (Å²) in [5, 5.41) is 13.8. The van der Waals surface area contributed by atoms with E-state index in [1.165, 1.54) is 18.2 Å². The number of nitrogens with zero attached hydrogens (tertiary/aromatic N) is 1. The number of benzene rings is 1. The Morgan fingerprint density at radius 1 is 1.41 bits per heavy atom. The van der Waals surface area contributed by atoms with Gasteiger partial charge in [0.1, 0.15) is 0 Å². The summed E-state index contributed by atoms with van der Waals surface area (Å²) in [6.07, 6.45) is 1.54. The van der Waals surface area contributed by atoms with Crippen LogP contribution in [0.15, 0.2) is 18.2 Å². The zero-order valence-corrected chi connectivity index (χ0v) is 14.2. The number of rotatable bonds is 7. The van der Waals surface area contributed by atoms with Crippen LogP contribution in [0.2, 0.25) is 5.02 Å². The minimum atomic E-state index is -0.524. The number of nitrogens with one attached hydrogen (secondary N) is 1. The second-order valence-corrected chi connectivity index (χ2v) is 5.36. The zero-order valence-electron chi connectivity index (χ0n) is 12.6. The molecule has 1 rings (SSSR count). The number of non-ortho nitro benzene ring substituents is 1. The first kappa shape index (κ1) is 20.6. The van der Waals surface area contributed by atoms with Crippen LogP contribution in [0.4, 0.5) is 5.69 Å². The number of hydrogen-bond donors (Lipinski definition) is 2. The van der Waals surface area contributed by atoms with Gasteiger partial charge in [-0.3, -0.25) is 14.9 Å². The van der Waals surface area contributed by atoms with E-state index >= 15 is 0 Å². The van der Waals surface area contributed by atoms with Gasteiger partial charge in [-0.2, -0.15) is 0 Å². The Morgan fingerprint density at radius 3 is 2.41 bits per heavy atom. The lowest BCUT2D eigenvalue weighted by Crippen LogP contribution is -2.53. The second-order valence-electron chi connectivity index (χ2n) is 4.95. The summed E-state index contributed by atoms with van der Waals surface area (Å²) >= 11 is 5.98. The minimum absolute atomic E-state index is 0. The number of nitro groups is 1. The molecule has 0 radical (unpaired) electrons. The summed E-state index contributed by atoms with van der Waals surface area (Å²) in [5.41, 5.74) is 5.78. The van der Waals surface area contributed by atoms with Gasteiger partial charge in [-0.25, -0.2) is 0 Å². The van der Waals surface area contributed by atoms with Crippen molar-refractivity contribution < 1.29 is 9.72 Å². The Balaban J connectivity index is 0.00000441. The highest BCUT2D eigenvalue weighted by atomic mass is 35.5.